The number of anilines is 1. The molecule has 0 saturated heterocycles. The highest BCUT2D eigenvalue weighted by Crippen LogP contribution is 2.28. The van der Waals surface area contributed by atoms with Crippen molar-refractivity contribution < 1.29 is 9.90 Å². The normalized spacial score (nSPS) is 13.1. The van der Waals surface area contributed by atoms with E-state index in [4.69, 9.17) is 11.6 Å². The first kappa shape index (κ1) is 25.6. The lowest BCUT2D eigenvalue weighted by molar-refractivity contribution is 0.209. The minimum absolute atomic E-state index is 0.0538. The summed E-state index contributed by atoms with van der Waals surface area (Å²) in [4.78, 5) is 16.5. The van der Waals surface area contributed by atoms with E-state index in [1.165, 1.54) is 11.1 Å². The molecule has 0 saturated carbocycles. The SMILES string of the molecule is CCCN(Cc1ccccc1)C(=O)Nc1ccccc1.CN1CCc2cc(O)c(Cl)cc2CC1. The number of para-hydroxylation sites is 1. The van der Waals surface area contributed by atoms with Gasteiger partial charge in [0.25, 0.3) is 0 Å². The standard InChI is InChI=1S/C17H20N2O.C11H14ClNO/c1-2-13-19(14-15-9-5-3-6-10-15)17(20)18-16-11-7-4-8-12-16;1-13-4-2-8-6-10(12)11(14)7-9(8)3-5-13/h3-12H,2,13-14H2,1H3,(H,18,20);6-7,14H,2-5H2,1H3. The Balaban J connectivity index is 0.000000202. The highest BCUT2D eigenvalue weighted by Gasteiger charge is 2.14. The van der Waals surface area contributed by atoms with Gasteiger partial charge >= 0.3 is 6.03 Å². The number of likely N-dealkylation sites (N-methyl/N-ethyl adjacent to an activating group) is 1. The van der Waals surface area contributed by atoms with E-state index in [1.54, 1.807) is 6.07 Å². The summed E-state index contributed by atoms with van der Waals surface area (Å²) in [5, 5.41) is 12.9. The Morgan fingerprint density at radius 1 is 1.00 bits per heavy atom. The third-order valence-corrected chi connectivity index (χ3v) is 6.12. The molecule has 6 heteroatoms. The Morgan fingerprint density at radius 2 is 1.59 bits per heavy atom. The minimum Gasteiger partial charge on any atom is -0.506 e. The second-order valence-corrected chi connectivity index (χ2v) is 8.99. The van der Waals surface area contributed by atoms with Crippen molar-refractivity contribution in [1.82, 2.24) is 9.80 Å². The molecule has 5 nitrogen and oxygen atoms in total. The largest absolute Gasteiger partial charge is 0.506 e. The molecule has 0 atom stereocenters. The van der Waals surface area contributed by atoms with Gasteiger partial charge in [0, 0.05) is 31.9 Å². The fourth-order valence-electron chi connectivity index (χ4n) is 3.90. The molecule has 1 aliphatic rings. The average Bonchev–Trinajstić information content (AvgIpc) is 3.02. The predicted molar refractivity (Wildman–Crippen MR) is 141 cm³/mol. The molecule has 0 aliphatic carbocycles. The van der Waals surface area contributed by atoms with Crippen molar-refractivity contribution in [3.63, 3.8) is 0 Å². The molecule has 1 heterocycles. The topological polar surface area (TPSA) is 55.8 Å². The maximum atomic E-state index is 12.3. The van der Waals surface area contributed by atoms with Crippen molar-refractivity contribution in [2.24, 2.45) is 0 Å². The molecule has 34 heavy (non-hydrogen) atoms. The summed E-state index contributed by atoms with van der Waals surface area (Å²) in [5.74, 6) is 0.204. The van der Waals surface area contributed by atoms with Gasteiger partial charge in [0.1, 0.15) is 5.75 Å². The summed E-state index contributed by atoms with van der Waals surface area (Å²) in [6.07, 6.45) is 2.96. The minimum atomic E-state index is -0.0538. The number of nitrogens with zero attached hydrogens (tertiary/aromatic N) is 2. The number of carbonyl (C=O) groups excluding carboxylic acids is 1. The quantitative estimate of drug-likeness (QED) is 0.457. The van der Waals surface area contributed by atoms with E-state index in [0.717, 1.165) is 50.1 Å². The van der Waals surface area contributed by atoms with Gasteiger partial charge in [0.05, 0.1) is 5.02 Å². The van der Waals surface area contributed by atoms with E-state index in [9.17, 15) is 9.90 Å². The lowest BCUT2D eigenvalue weighted by Crippen LogP contribution is -2.35. The third kappa shape index (κ3) is 7.79. The molecular formula is C28H34ClN3O2. The van der Waals surface area contributed by atoms with E-state index in [0.29, 0.717) is 11.6 Å². The number of aromatic hydroxyl groups is 1. The second-order valence-electron chi connectivity index (χ2n) is 8.58. The van der Waals surface area contributed by atoms with Gasteiger partial charge < -0.3 is 20.2 Å². The Hall–Kier alpha value is -3.02. The maximum Gasteiger partial charge on any atom is 0.322 e. The number of phenolic OH excluding ortho intramolecular Hbond substituents is 1. The molecule has 1 aliphatic heterocycles. The zero-order chi connectivity index (χ0) is 24.3. The molecule has 4 rings (SSSR count). The number of fused-ring (bicyclic) bond motifs is 1. The lowest BCUT2D eigenvalue weighted by Gasteiger charge is -2.22. The Kier molecular flexibility index (Phi) is 9.80. The average molecular weight is 480 g/mol. The van der Waals surface area contributed by atoms with Crippen LogP contribution in [0.5, 0.6) is 5.75 Å². The van der Waals surface area contributed by atoms with Gasteiger partial charge in [-0.1, -0.05) is 67.1 Å². The van der Waals surface area contributed by atoms with Crippen molar-refractivity contribution in [3.8, 4) is 5.75 Å². The molecule has 0 radical (unpaired) electrons. The first-order valence-electron chi connectivity index (χ1n) is 11.8. The maximum absolute atomic E-state index is 12.3. The van der Waals surface area contributed by atoms with Gasteiger partial charge in [0.15, 0.2) is 0 Å². The Morgan fingerprint density at radius 3 is 2.21 bits per heavy atom. The number of halogens is 1. The molecule has 2 N–H and O–H groups in total. The van der Waals surface area contributed by atoms with Crippen LogP contribution in [-0.4, -0.2) is 47.6 Å². The van der Waals surface area contributed by atoms with Crippen LogP contribution in [-0.2, 0) is 19.4 Å². The summed E-state index contributed by atoms with van der Waals surface area (Å²) in [6.45, 7) is 5.57. The number of nitrogens with one attached hydrogen (secondary N) is 1. The van der Waals surface area contributed by atoms with E-state index in [2.05, 4.69) is 24.2 Å². The van der Waals surface area contributed by atoms with Crippen LogP contribution in [0.4, 0.5) is 10.5 Å². The first-order valence-corrected chi connectivity index (χ1v) is 12.2. The molecule has 3 aromatic rings. The van der Waals surface area contributed by atoms with Crippen molar-refractivity contribution in [3.05, 3.63) is 94.5 Å². The van der Waals surface area contributed by atoms with E-state index in [1.807, 2.05) is 71.6 Å². The van der Waals surface area contributed by atoms with Gasteiger partial charge in [-0.05, 0) is 67.3 Å². The van der Waals surface area contributed by atoms with Gasteiger partial charge in [-0.2, -0.15) is 0 Å². The molecular weight excluding hydrogens is 446 g/mol. The van der Waals surface area contributed by atoms with Crippen LogP contribution in [0.2, 0.25) is 5.02 Å². The number of urea groups is 1. The molecule has 3 aromatic carbocycles. The van der Waals surface area contributed by atoms with Gasteiger partial charge in [-0.3, -0.25) is 0 Å². The number of amides is 2. The van der Waals surface area contributed by atoms with Crippen LogP contribution in [0.25, 0.3) is 0 Å². The Bertz CT molecular complexity index is 1010. The van der Waals surface area contributed by atoms with Crippen LogP contribution in [0, 0.1) is 0 Å². The first-order chi connectivity index (χ1) is 16.5. The van der Waals surface area contributed by atoms with Gasteiger partial charge in [0.2, 0.25) is 0 Å². The van der Waals surface area contributed by atoms with Crippen LogP contribution in [0.15, 0.2) is 72.8 Å². The number of hydrogen-bond donors (Lipinski definition) is 2. The highest BCUT2D eigenvalue weighted by atomic mass is 35.5. The number of rotatable bonds is 5. The monoisotopic (exact) mass is 479 g/mol. The molecule has 0 bridgehead atoms. The van der Waals surface area contributed by atoms with Crippen molar-refractivity contribution in [2.75, 3.05) is 32.0 Å². The zero-order valence-electron chi connectivity index (χ0n) is 20.0. The van der Waals surface area contributed by atoms with Crippen molar-refractivity contribution in [1.29, 1.82) is 0 Å². The summed E-state index contributed by atoms with van der Waals surface area (Å²) in [5.41, 5.74) is 4.48. The van der Waals surface area contributed by atoms with E-state index < -0.39 is 0 Å². The van der Waals surface area contributed by atoms with Gasteiger partial charge in [-0.15, -0.1) is 0 Å². The van der Waals surface area contributed by atoms with Gasteiger partial charge in [-0.25, -0.2) is 4.79 Å². The van der Waals surface area contributed by atoms with Crippen LogP contribution >= 0.6 is 11.6 Å². The summed E-state index contributed by atoms with van der Waals surface area (Å²) in [6, 6.07) is 23.2. The molecule has 180 valence electrons. The number of benzene rings is 3. The number of carbonyl (C=O) groups is 1. The highest BCUT2D eigenvalue weighted by molar-refractivity contribution is 6.32. The third-order valence-electron chi connectivity index (χ3n) is 5.82. The number of hydrogen-bond acceptors (Lipinski definition) is 3. The summed E-state index contributed by atoms with van der Waals surface area (Å²) < 4.78 is 0. The van der Waals surface area contributed by atoms with Crippen molar-refractivity contribution >= 4 is 23.3 Å². The Labute approximate surface area is 208 Å². The lowest BCUT2D eigenvalue weighted by atomic mass is 10.0. The molecule has 0 fully saturated rings. The van der Waals surface area contributed by atoms with E-state index in [-0.39, 0.29) is 11.8 Å². The van der Waals surface area contributed by atoms with Crippen molar-refractivity contribution in [2.45, 2.75) is 32.7 Å². The fourth-order valence-corrected chi connectivity index (χ4v) is 4.08. The number of phenols is 1. The smallest absolute Gasteiger partial charge is 0.322 e. The zero-order valence-corrected chi connectivity index (χ0v) is 20.8. The molecule has 2 amide bonds. The van der Waals surface area contributed by atoms with Crippen LogP contribution in [0.1, 0.15) is 30.0 Å². The van der Waals surface area contributed by atoms with Crippen LogP contribution in [0.3, 0.4) is 0 Å². The van der Waals surface area contributed by atoms with Crippen LogP contribution < -0.4 is 5.32 Å². The molecule has 0 aromatic heterocycles. The second kappa shape index (κ2) is 13.0. The predicted octanol–water partition coefficient (Wildman–Crippen LogP) is 6.21. The molecule has 0 unspecified atom stereocenters. The fraction of sp³-hybridized carbons (Fsp3) is 0.321. The molecule has 0 spiro atoms. The summed E-state index contributed by atoms with van der Waals surface area (Å²) >= 11 is 5.87. The summed E-state index contributed by atoms with van der Waals surface area (Å²) in [7, 11) is 2.12. The van der Waals surface area contributed by atoms with E-state index >= 15 is 0 Å².